The number of nitrogens with zero attached hydrogens (tertiary/aromatic N) is 3. The van der Waals surface area contributed by atoms with Crippen LogP contribution in [0.4, 0.5) is 17.1 Å². The average Bonchev–Trinajstić information content (AvgIpc) is 3.33. The first kappa shape index (κ1) is 23.7. The Morgan fingerprint density at radius 1 is 0.816 bits per heavy atom. The SMILES string of the molecule is Cc1cccc(C)c1CCc1nccn1-c1ccc(N2C(=O)CC(=O)Nc3c2ccc2ccccc32)cc1. The lowest BCUT2D eigenvalue weighted by Crippen LogP contribution is -2.26. The van der Waals surface area contributed by atoms with Gasteiger partial charge in [0.1, 0.15) is 12.2 Å². The van der Waals surface area contributed by atoms with Crippen molar-refractivity contribution in [2.75, 3.05) is 10.2 Å². The third kappa shape index (κ3) is 4.24. The highest BCUT2D eigenvalue weighted by Gasteiger charge is 2.28. The summed E-state index contributed by atoms with van der Waals surface area (Å²) < 4.78 is 2.09. The van der Waals surface area contributed by atoms with E-state index in [1.165, 1.54) is 16.7 Å². The quantitative estimate of drug-likeness (QED) is 0.283. The summed E-state index contributed by atoms with van der Waals surface area (Å²) in [5.74, 6) is 0.415. The first-order chi connectivity index (χ1) is 18.5. The number of fused-ring (bicyclic) bond motifs is 3. The number of nitrogens with one attached hydrogen (secondary N) is 1. The molecule has 38 heavy (non-hydrogen) atoms. The number of hydrogen-bond acceptors (Lipinski definition) is 3. The van der Waals surface area contributed by atoms with E-state index in [0.29, 0.717) is 17.1 Å². The number of anilines is 3. The van der Waals surface area contributed by atoms with Crippen molar-refractivity contribution >= 4 is 39.6 Å². The average molecular weight is 501 g/mol. The van der Waals surface area contributed by atoms with Crippen LogP contribution in [0, 0.1) is 13.8 Å². The Morgan fingerprint density at radius 3 is 2.34 bits per heavy atom. The van der Waals surface area contributed by atoms with Crippen molar-refractivity contribution in [3.63, 3.8) is 0 Å². The van der Waals surface area contributed by atoms with Gasteiger partial charge in [-0.2, -0.15) is 0 Å². The normalized spacial score (nSPS) is 13.4. The van der Waals surface area contributed by atoms with Gasteiger partial charge in [-0.1, -0.05) is 48.5 Å². The van der Waals surface area contributed by atoms with E-state index >= 15 is 0 Å². The number of aromatic nitrogens is 2. The van der Waals surface area contributed by atoms with E-state index in [4.69, 9.17) is 0 Å². The molecule has 5 aromatic rings. The van der Waals surface area contributed by atoms with Crippen molar-refractivity contribution in [3.8, 4) is 5.69 Å². The highest BCUT2D eigenvalue weighted by Crippen LogP contribution is 2.40. The fourth-order valence-electron chi connectivity index (χ4n) is 5.39. The predicted octanol–water partition coefficient (Wildman–Crippen LogP) is 6.43. The predicted molar refractivity (Wildman–Crippen MR) is 151 cm³/mol. The van der Waals surface area contributed by atoms with Crippen LogP contribution < -0.4 is 10.2 Å². The molecular weight excluding hydrogens is 472 g/mol. The van der Waals surface area contributed by atoms with Gasteiger partial charge in [-0.3, -0.25) is 14.5 Å². The zero-order chi connectivity index (χ0) is 26.2. The van der Waals surface area contributed by atoms with E-state index in [0.717, 1.165) is 35.1 Å². The Kier molecular flexibility index (Phi) is 6.00. The molecule has 0 saturated carbocycles. The van der Waals surface area contributed by atoms with Crippen molar-refractivity contribution in [1.82, 2.24) is 9.55 Å². The summed E-state index contributed by atoms with van der Waals surface area (Å²) in [4.78, 5) is 32.0. The highest BCUT2D eigenvalue weighted by molar-refractivity contribution is 6.21. The summed E-state index contributed by atoms with van der Waals surface area (Å²) >= 11 is 0. The zero-order valence-electron chi connectivity index (χ0n) is 21.4. The van der Waals surface area contributed by atoms with E-state index in [1.54, 1.807) is 4.90 Å². The molecule has 2 heterocycles. The van der Waals surface area contributed by atoms with Crippen LogP contribution in [-0.2, 0) is 22.4 Å². The standard InChI is InChI=1S/C32H28N4O2/c1-21-6-5-7-22(2)26(21)15-17-29-33-18-19-35(29)24-11-13-25(14-12-24)36-28-16-10-23-8-3-4-9-27(23)32(28)34-30(37)20-31(36)38/h3-14,16,18-19H,15,17,20H2,1-2H3,(H,34,37). The van der Waals surface area contributed by atoms with E-state index < -0.39 is 0 Å². The van der Waals surface area contributed by atoms with Gasteiger partial charge in [0.25, 0.3) is 0 Å². The number of carbonyl (C=O) groups excluding carboxylic acids is 2. The second kappa shape index (κ2) is 9.63. The first-order valence-electron chi connectivity index (χ1n) is 12.8. The molecule has 188 valence electrons. The van der Waals surface area contributed by atoms with Crippen LogP contribution in [0.2, 0.25) is 0 Å². The van der Waals surface area contributed by atoms with Gasteiger partial charge < -0.3 is 9.88 Å². The highest BCUT2D eigenvalue weighted by atomic mass is 16.2. The summed E-state index contributed by atoms with van der Waals surface area (Å²) in [5, 5.41) is 4.87. The zero-order valence-corrected chi connectivity index (χ0v) is 21.4. The van der Waals surface area contributed by atoms with Crippen LogP contribution in [0.3, 0.4) is 0 Å². The Morgan fingerprint density at radius 2 is 1.55 bits per heavy atom. The molecule has 2 amide bonds. The molecule has 0 radical (unpaired) electrons. The summed E-state index contributed by atoms with van der Waals surface area (Å²) in [5.41, 5.74) is 6.98. The number of hydrogen-bond donors (Lipinski definition) is 1. The Hall–Kier alpha value is -4.71. The molecule has 0 saturated heterocycles. The van der Waals surface area contributed by atoms with Gasteiger partial charge in [-0.15, -0.1) is 0 Å². The fraction of sp³-hybridized carbons (Fsp3) is 0.156. The maximum atomic E-state index is 13.2. The fourth-order valence-corrected chi connectivity index (χ4v) is 5.39. The summed E-state index contributed by atoms with van der Waals surface area (Å²) in [6, 6.07) is 26.0. The van der Waals surface area contributed by atoms with Crippen molar-refractivity contribution in [2.24, 2.45) is 0 Å². The van der Waals surface area contributed by atoms with Gasteiger partial charge in [0.2, 0.25) is 11.8 Å². The monoisotopic (exact) mass is 500 g/mol. The lowest BCUT2D eigenvalue weighted by molar-refractivity contribution is -0.124. The molecule has 0 fully saturated rings. The lowest BCUT2D eigenvalue weighted by atomic mass is 9.98. The molecule has 0 spiro atoms. The van der Waals surface area contributed by atoms with Crippen molar-refractivity contribution in [2.45, 2.75) is 33.1 Å². The van der Waals surface area contributed by atoms with Crippen LogP contribution in [-0.4, -0.2) is 21.4 Å². The molecule has 1 aromatic heterocycles. The third-order valence-electron chi connectivity index (χ3n) is 7.32. The smallest absolute Gasteiger partial charge is 0.241 e. The number of rotatable bonds is 5. The van der Waals surface area contributed by atoms with Gasteiger partial charge in [-0.05, 0) is 72.7 Å². The maximum Gasteiger partial charge on any atom is 0.241 e. The molecule has 0 bridgehead atoms. The number of carbonyl (C=O) groups is 2. The van der Waals surface area contributed by atoms with Gasteiger partial charge in [0.15, 0.2) is 0 Å². The van der Waals surface area contributed by atoms with Crippen LogP contribution in [0.5, 0.6) is 0 Å². The van der Waals surface area contributed by atoms with Gasteiger partial charge in [-0.25, -0.2) is 4.98 Å². The van der Waals surface area contributed by atoms with Crippen LogP contribution in [0.25, 0.3) is 16.5 Å². The van der Waals surface area contributed by atoms with E-state index in [-0.39, 0.29) is 18.2 Å². The Balaban J connectivity index is 1.32. The largest absolute Gasteiger partial charge is 0.323 e. The number of benzene rings is 4. The minimum Gasteiger partial charge on any atom is -0.323 e. The summed E-state index contributed by atoms with van der Waals surface area (Å²) in [6.07, 6.45) is 5.32. The van der Waals surface area contributed by atoms with Crippen LogP contribution >= 0.6 is 0 Å². The topological polar surface area (TPSA) is 67.2 Å². The first-order valence-corrected chi connectivity index (χ1v) is 12.8. The molecule has 1 aliphatic rings. The molecule has 1 N–H and O–H groups in total. The lowest BCUT2D eigenvalue weighted by Gasteiger charge is -2.23. The third-order valence-corrected chi connectivity index (χ3v) is 7.32. The molecule has 1 aliphatic heterocycles. The molecular formula is C32H28N4O2. The second-order valence-corrected chi connectivity index (χ2v) is 9.74. The van der Waals surface area contributed by atoms with Crippen LogP contribution in [0.15, 0.2) is 91.3 Å². The molecule has 6 rings (SSSR count). The molecule has 6 nitrogen and oxygen atoms in total. The van der Waals surface area contributed by atoms with E-state index in [9.17, 15) is 9.59 Å². The second-order valence-electron chi connectivity index (χ2n) is 9.74. The molecule has 0 aliphatic carbocycles. The van der Waals surface area contributed by atoms with Crippen LogP contribution in [0.1, 0.15) is 28.9 Å². The Bertz CT molecular complexity index is 1660. The minimum absolute atomic E-state index is 0.214. The molecule has 4 aromatic carbocycles. The minimum atomic E-state index is -0.307. The molecule has 0 atom stereocenters. The van der Waals surface area contributed by atoms with E-state index in [2.05, 4.69) is 46.9 Å². The number of aryl methyl sites for hydroxylation is 3. The summed E-state index contributed by atoms with van der Waals surface area (Å²) in [7, 11) is 0. The maximum absolute atomic E-state index is 13.2. The van der Waals surface area contributed by atoms with E-state index in [1.807, 2.05) is 73.1 Å². The van der Waals surface area contributed by atoms with Crippen molar-refractivity contribution < 1.29 is 9.59 Å². The van der Waals surface area contributed by atoms with Crippen molar-refractivity contribution in [1.29, 1.82) is 0 Å². The van der Waals surface area contributed by atoms with Gasteiger partial charge in [0.05, 0.1) is 11.4 Å². The molecule has 0 unspecified atom stereocenters. The number of imidazole rings is 1. The summed E-state index contributed by atoms with van der Waals surface area (Å²) in [6.45, 7) is 4.31. The van der Waals surface area contributed by atoms with Crippen molar-refractivity contribution in [3.05, 3.63) is 114 Å². The molecule has 6 heteroatoms. The number of amides is 2. The Labute approximate surface area is 221 Å². The van der Waals surface area contributed by atoms with Gasteiger partial charge in [0, 0.05) is 35.6 Å². The van der Waals surface area contributed by atoms with Gasteiger partial charge >= 0.3 is 0 Å².